The Hall–Kier alpha value is -1.76. The number of nitrogens with zero attached hydrogens (tertiary/aromatic N) is 2. The maximum absolute atomic E-state index is 12.1. The Morgan fingerprint density at radius 2 is 2.40 bits per heavy atom. The van der Waals surface area contributed by atoms with Gasteiger partial charge < -0.3 is 15.3 Å². The first-order chi connectivity index (χ1) is 9.59. The molecule has 0 bridgehead atoms. The molecule has 7 heteroatoms. The number of carbonyl (C=O) groups is 2. The molecular formula is C13H17N3O3S. The van der Waals surface area contributed by atoms with Crippen LogP contribution in [0.4, 0.5) is 4.79 Å². The van der Waals surface area contributed by atoms with E-state index < -0.39 is 12.0 Å². The Morgan fingerprint density at radius 3 is 3.10 bits per heavy atom. The molecule has 1 saturated heterocycles. The van der Waals surface area contributed by atoms with Gasteiger partial charge in [0, 0.05) is 37.0 Å². The summed E-state index contributed by atoms with van der Waals surface area (Å²) in [5.74, 6) is 0.252. The average molecular weight is 295 g/mol. The van der Waals surface area contributed by atoms with E-state index in [4.69, 9.17) is 5.11 Å². The number of aliphatic carboxylic acids is 1. The molecule has 0 aliphatic carbocycles. The highest BCUT2D eigenvalue weighted by Crippen LogP contribution is 2.17. The highest BCUT2D eigenvalue weighted by molar-refractivity contribution is 7.99. The lowest BCUT2D eigenvalue weighted by Crippen LogP contribution is -2.53. The molecule has 2 amide bonds. The van der Waals surface area contributed by atoms with Crippen LogP contribution in [-0.4, -0.2) is 51.1 Å². The molecule has 1 unspecified atom stereocenters. The zero-order valence-corrected chi connectivity index (χ0v) is 12.0. The fraction of sp³-hybridized carbons (Fsp3) is 0.462. The van der Waals surface area contributed by atoms with Crippen LogP contribution in [0.25, 0.3) is 0 Å². The molecule has 2 heterocycles. The van der Waals surface area contributed by atoms with Gasteiger partial charge in [0.15, 0.2) is 0 Å². The van der Waals surface area contributed by atoms with Gasteiger partial charge in [-0.05, 0) is 24.1 Å². The van der Waals surface area contributed by atoms with Crippen molar-refractivity contribution in [1.29, 1.82) is 0 Å². The molecule has 1 fully saturated rings. The monoisotopic (exact) mass is 295 g/mol. The van der Waals surface area contributed by atoms with E-state index in [0.717, 1.165) is 16.9 Å². The fourth-order valence-electron chi connectivity index (χ4n) is 2.01. The second kappa shape index (κ2) is 6.60. The summed E-state index contributed by atoms with van der Waals surface area (Å²) in [6.07, 6.45) is 3.40. The number of nitrogens with one attached hydrogen (secondary N) is 1. The molecule has 1 aliphatic rings. The van der Waals surface area contributed by atoms with Gasteiger partial charge in [0.1, 0.15) is 6.04 Å². The van der Waals surface area contributed by atoms with Gasteiger partial charge in [-0.2, -0.15) is 11.8 Å². The average Bonchev–Trinajstić information content (AvgIpc) is 2.46. The number of carboxylic acid groups (broad SMARTS) is 1. The van der Waals surface area contributed by atoms with Crippen LogP contribution in [-0.2, 0) is 11.3 Å². The maximum atomic E-state index is 12.1. The molecule has 2 rings (SSSR count). The number of aryl methyl sites for hydroxylation is 1. The lowest BCUT2D eigenvalue weighted by atomic mass is 10.1. The van der Waals surface area contributed by atoms with E-state index in [9.17, 15) is 9.59 Å². The van der Waals surface area contributed by atoms with Gasteiger partial charge in [-0.3, -0.25) is 4.98 Å². The first-order valence-electron chi connectivity index (χ1n) is 6.34. The third-order valence-corrected chi connectivity index (χ3v) is 4.27. The number of carboxylic acids is 1. The van der Waals surface area contributed by atoms with Crippen molar-refractivity contribution in [2.24, 2.45) is 0 Å². The standard InChI is InChI=1S/C13H17N3O3S/c1-9-2-3-14-6-10(9)7-15-13(19)16-4-5-20-8-11(16)12(17)18/h2-3,6,11H,4-5,7-8H2,1H3,(H,15,19)(H,17,18). The summed E-state index contributed by atoms with van der Waals surface area (Å²) in [4.78, 5) is 28.7. The fourth-order valence-corrected chi connectivity index (χ4v) is 3.04. The summed E-state index contributed by atoms with van der Waals surface area (Å²) < 4.78 is 0. The predicted molar refractivity (Wildman–Crippen MR) is 76.7 cm³/mol. The van der Waals surface area contributed by atoms with Crippen LogP contribution >= 0.6 is 11.8 Å². The van der Waals surface area contributed by atoms with Crippen molar-refractivity contribution >= 4 is 23.8 Å². The van der Waals surface area contributed by atoms with Gasteiger partial charge in [0.2, 0.25) is 0 Å². The van der Waals surface area contributed by atoms with Crippen molar-refractivity contribution in [3.05, 3.63) is 29.6 Å². The molecule has 1 aliphatic heterocycles. The number of hydrogen-bond donors (Lipinski definition) is 2. The van der Waals surface area contributed by atoms with Crippen molar-refractivity contribution in [2.75, 3.05) is 18.1 Å². The van der Waals surface area contributed by atoms with Crippen LogP contribution in [0.15, 0.2) is 18.5 Å². The van der Waals surface area contributed by atoms with Crippen LogP contribution in [0, 0.1) is 6.92 Å². The SMILES string of the molecule is Cc1ccncc1CNC(=O)N1CCSCC1C(=O)O. The lowest BCUT2D eigenvalue weighted by Gasteiger charge is -2.32. The van der Waals surface area contributed by atoms with Crippen LogP contribution in [0.2, 0.25) is 0 Å². The van der Waals surface area contributed by atoms with Crippen molar-refractivity contribution in [3.8, 4) is 0 Å². The molecule has 1 atom stereocenters. The number of aromatic nitrogens is 1. The molecule has 108 valence electrons. The van der Waals surface area contributed by atoms with E-state index in [1.807, 2.05) is 13.0 Å². The number of carbonyl (C=O) groups excluding carboxylic acids is 1. The highest BCUT2D eigenvalue weighted by Gasteiger charge is 2.32. The zero-order chi connectivity index (χ0) is 14.5. The number of amides is 2. The Bertz CT molecular complexity index is 509. The Morgan fingerprint density at radius 1 is 1.60 bits per heavy atom. The quantitative estimate of drug-likeness (QED) is 0.872. The van der Waals surface area contributed by atoms with E-state index in [2.05, 4.69) is 10.3 Å². The highest BCUT2D eigenvalue weighted by atomic mass is 32.2. The van der Waals surface area contributed by atoms with Gasteiger partial charge in [-0.15, -0.1) is 0 Å². The van der Waals surface area contributed by atoms with Crippen LogP contribution in [0.3, 0.4) is 0 Å². The second-order valence-electron chi connectivity index (χ2n) is 4.58. The summed E-state index contributed by atoms with van der Waals surface area (Å²) in [5, 5.41) is 11.9. The van der Waals surface area contributed by atoms with Crippen molar-refractivity contribution in [3.63, 3.8) is 0 Å². The zero-order valence-electron chi connectivity index (χ0n) is 11.2. The summed E-state index contributed by atoms with van der Waals surface area (Å²) in [6.45, 7) is 2.76. The summed E-state index contributed by atoms with van der Waals surface area (Å²) in [7, 11) is 0. The van der Waals surface area contributed by atoms with Gasteiger partial charge in [-0.25, -0.2) is 9.59 Å². The largest absolute Gasteiger partial charge is 0.480 e. The minimum Gasteiger partial charge on any atom is -0.480 e. The maximum Gasteiger partial charge on any atom is 0.327 e. The Labute approximate surface area is 121 Å². The molecule has 1 aromatic rings. The first-order valence-corrected chi connectivity index (χ1v) is 7.49. The van der Waals surface area contributed by atoms with Gasteiger partial charge in [-0.1, -0.05) is 0 Å². The molecule has 20 heavy (non-hydrogen) atoms. The van der Waals surface area contributed by atoms with Crippen molar-refractivity contribution in [1.82, 2.24) is 15.2 Å². The second-order valence-corrected chi connectivity index (χ2v) is 5.73. The predicted octanol–water partition coefficient (Wildman–Crippen LogP) is 1.10. The van der Waals surface area contributed by atoms with Crippen molar-refractivity contribution in [2.45, 2.75) is 19.5 Å². The third-order valence-electron chi connectivity index (χ3n) is 3.25. The van der Waals surface area contributed by atoms with E-state index in [-0.39, 0.29) is 6.03 Å². The van der Waals surface area contributed by atoms with Crippen LogP contribution in [0.1, 0.15) is 11.1 Å². The van der Waals surface area contributed by atoms with Gasteiger partial charge in [0.25, 0.3) is 0 Å². The summed E-state index contributed by atoms with van der Waals surface area (Å²) in [6, 6.07) is 0.795. The van der Waals surface area contributed by atoms with Crippen LogP contribution < -0.4 is 5.32 Å². The smallest absolute Gasteiger partial charge is 0.327 e. The number of thioether (sulfide) groups is 1. The van der Waals surface area contributed by atoms with E-state index >= 15 is 0 Å². The summed E-state index contributed by atoms with van der Waals surface area (Å²) in [5.41, 5.74) is 1.98. The minimum absolute atomic E-state index is 0.332. The Balaban J connectivity index is 1.97. The molecule has 2 N–H and O–H groups in total. The Kier molecular flexibility index (Phi) is 4.84. The number of hydrogen-bond acceptors (Lipinski definition) is 4. The number of rotatable bonds is 3. The molecule has 6 nitrogen and oxygen atoms in total. The molecule has 0 saturated carbocycles. The van der Waals surface area contributed by atoms with E-state index in [1.165, 1.54) is 4.90 Å². The lowest BCUT2D eigenvalue weighted by molar-refractivity contribution is -0.141. The van der Waals surface area contributed by atoms with Crippen LogP contribution in [0.5, 0.6) is 0 Å². The molecular weight excluding hydrogens is 278 g/mol. The normalized spacial score (nSPS) is 18.6. The third kappa shape index (κ3) is 3.41. The summed E-state index contributed by atoms with van der Waals surface area (Å²) >= 11 is 1.56. The van der Waals surface area contributed by atoms with Gasteiger partial charge in [0.05, 0.1) is 0 Å². The van der Waals surface area contributed by atoms with Gasteiger partial charge >= 0.3 is 12.0 Å². The number of pyridine rings is 1. The van der Waals surface area contributed by atoms with E-state index in [0.29, 0.717) is 18.8 Å². The van der Waals surface area contributed by atoms with E-state index in [1.54, 1.807) is 24.2 Å². The number of urea groups is 1. The molecule has 0 radical (unpaired) electrons. The van der Waals surface area contributed by atoms with Crippen molar-refractivity contribution < 1.29 is 14.7 Å². The molecule has 1 aromatic heterocycles. The topological polar surface area (TPSA) is 82.5 Å². The minimum atomic E-state index is -0.954. The first kappa shape index (κ1) is 14.6. The molecule has 0 aromatic carbocycles. The molecule has 0 spiro atoms.